The topological polar surface area (TPSA) is 101 Å². The van der Waals surface area contributed by atoms with Gasteiger partial charge in [0.1, 0.15) is 6.61 Å². The predicted octanol–water partition coefficient (Wildman–Crippen LogP) is 6.79. The van der Waals surface area contributed by atoms with E-state index in [4.69, 9.17) is 33.0 Å². The van der Waals surface area contributed by atoms with E-state index in [1.54, 1.807) is 42.7 Å². The summed E-state index contributed by atoms with van der Waals surface area (Å²) in [5.41, 5.74) is 2.13. The van der Waals surface area contributed by atoms with Gasteiger partial charge in [0.2, 0.25) is 0 Å². The van der Waals surface area contributed by atoms with Gasteiger partial charge in [-0.1, -0.05) is 43.5 Å². The number of carboxylic acids is 1. The van der Waals surface area contributed by atoms with Crippen LogP contribution in [0.3, 0.4) is 0 Å². The molecule has 0 amide bonds. The van der Waals surface area contributed by atoms with Crippen LogP contribution < -0.4 is 10.1 Å². The molecule has 2 N–H and O–H groups in total. The molecule has 2 aromatic carbocycles. The fourth-order valence-corrected chi connectivity index (χ4v) is 4.02. The molecule has 0 bridgehead atoms. The third-order valence-corrected chi connectivity index (χ3v) is 6.46. The Balaban J connectivity index is 1.60. The Hall–Kier alpha value is -3.16. The van der Waals surface area contributed by atoms with Crippen LogP contribution in [0.4, 0.5) is 5.69 Å². The van der Waals surface area contributed by atoms with Gasteiger partial charge >= 0.3 is 5.97 Å². The van der Waals surface area contributed by atoms with E-state index in [9.17, 15) is 9.59 Å². The van der Waals surface area contributed by atoms with Crippen LogP contribution in [-0.4, -0.2) is 39.5 Å². The molecule has 3 aromatic rings. The molecule has 0 aliphatic heterocycles. The molecule has 36 heavy (non-hydrogen) atoms. The zero-order valence-electron chi connectivity index (χ0n) is 20.2. The molecule has 0 saturated carbocycles. The summed E-state index contributed by atoms with van der Waals surface area (Å²) in [5, 5.41) is 13.2. The molecule has 0 radical (unpaired) electrons. The SMILES string of the molecule is CCC(C)[C@@H](COc1cnc(-c2ccc(Cl)cc2Cl)nc1)Nc1ccc(C(=O)CCCC(=O)O)cc1. The standard InChI is InChI=1S/C27H29Cl2N3O4/c1-3-17(2)24(32-20-10-7-18(8-11-20)25(33)5-4-6-26(34)35)16-36-21-14-30-27(31-15-21)22-12-9-19(28)13-23(22)29/h7-15,17,24,32H,3-6,16H2,1-2H3,(H,34,35)/t17?,24-/m1/s1. The fraction of sp³-hybridized carbons (Fsp3) is 0.333. The third-order valence-electron chi connectivity index (χ3n) is 5.91. The number of rotatable bonds is 13. The van der Waals surface area contributed by atoms with Crippen LogP contribution in [0.15, 0.2) is 54.9 Å². The number of benzene rings is 2. The van der Waals surface area contributed by atoms with Crippen LogP contribution in [0.5, 0.6) is 5.75 Å². The van der Waals surface area contributed by atoms with Crippen molar-refractivity contribution in [1.82, 2.24) is 9.97 Å². The van der Waals surface area contributed by atoms with E-state index < -0.39 is 5.97 Å². The van der Waals surface area contributed by atoms with Crippen molar-refractivity contribution in [3.8, 4) is 17.1 Å². The van der Waals surface area contributed by atoms with Crippen molar-refractivity contribution in [2.45, 2.75) is 45.6 Å². The number of carbonyl (C=O) groups is 2. The van der Waals surface area contributed by atoms with Gasteiger partial charge in [-0.25, -0.2) is 9.97 Å². The van der Waals surface area contributed by atoms with Crippen LogP contribution in [0, 0.1) is 5.92 Å². The molecule has 1 heterocycles. The van der Waals surface area contributed by atoms with Gasteiger partial charge in [-0.05, 0) is 54.8 Å². The average molecular weight is 530 g/mol. The highest BCUT2D eigenvalue weighted by molar-refractivity contribution is 6.36. The normalized spacial score (nSPS) is 12.6. The van der Waals surface area contributed by atoms with Gasteiger partial charge in [0.05, 0.1) is 23.5 Å². The second-order valence-corrected chi connectivity index (χ2v) is 9.41. The largest absolute Gasteiger partial charge is 0.488 e. The summed E-state index contributed by atoms with van der Waals surface area (Å²) in [6, 6.07) is 12.4. The first-order valence-corrected chi connectivity index (χ1v) is 12.5. The number of nitrogens with one attached hydrogen (secondary N) is 1. The lowest BCUT2D eigenvalue weighted by atomic mass is 9.99. The Morgan fingerprint density at radius 2 is 1.75 bits per heavy atom. The number of aromatic nitrogens is 2. The summed E-state index contributed by atoms with van der Waals surface area (Å²) in [6.45, 7) is 4.66. The van der Waals surface area contributed by atoms with E-state index in [2.05, 4.69) is 29.1 Å². The highest BCUT2D eigenvalue weighted by Crippen LogP contribution is 2.28. The molecule has 0 aliphatic carbocycles. The van der Waals surface area contributed by atoms with Crippen molar-refractivity contribution >= 4 is 40.6 Å². The first-order valence-electron chi connectivity index (χ1n) is 11.8. The lowest BCUT2D eigenvalue weighted by Gasteiger charge is -2.25. The smallest absolute Gasteiger partial charge is 0.303 e. The third kappa shape index (κ3) is 7.93. The van der Waals surface area contributed by atoms with Crippen LogP contribution >= 0.6 is 23.2 Å². The lowest BCUT2D eigenvalue weighted by molar-refractivity contribution is -0.137. The summed E-state index contributed by atoms with van der Waals surface area (Å²) >= 11 is 12.2. The van der Waals surface area contributed by atoms with Crippen LogP contribution in [0.25, 0.3) is 11.4 Å². The number of ether oxygens (including phenoxy) is 1. The summed E-state index contributed by atoms with van der Waals surface area (Å²) in [4.78, 5) is 31.7. The fourth-order valence-electron chi connectivity index (χ4n) is 3.53. The Morgan fingerprint density at radius 1 is 1.06 bits per heavy atom. The number of aliphatic carboxylic acids is 1. The molecule has 190 valence electrons. The zero-order valence-corrected chi connectivity index (χ0v) is 21.7. The van der Waals surface area contributed by atoms with Crippen molar-refractivity contribution in [2.75, 3.05) is 11.9 Å². The molecule has 9 heteroatoms. The second-order valence-electron chi connectivity index (χ2n) is 8.56. The van der Waals surface area contributed by atoms with Crippen LogP contribution in [-0.2, 0) is 4.79 Å². The molecule has 3 rings (SSSR count). The molecule has 7 nitrogen and oxygen atoms in total. The number of hydrogen-bond acceptors (Lipinski definition) is 6. The Kier molecular flexibility index (Phi) is 10.1. The highest BCUT2D eigenvalue weighted by Gasteiger charge is 2.18. The molecule has 1 aromatic heterocycles. The monoisotopic (exact) mass is 529 g/mol. The van der Waals surface area contributed by atoms with Crippen molar-refractivity contribution in [1.29, 1.82) is 0 Å². The van der Waals surface area contributed by atoms with Crippen LogP contribution in [0.2, 0.25) is 10.0 Å². The quantitative estimate of drug-likeness (QED) is 0.235. The van der Waals surface area contributed by atoms with E-state index in [1.807, 2.05) is 12.1 Å². The van der Waals surface area contributed by atoms with Crippen molar-refractivity contribution < 1.29 is 19.4 Å². The molecule has 1 unspecified atom stereocenters. The number of carbonyl (C=O) groups excluding carboxylic acids is 1. The van der Waals surface area contributed by atoms with Gasteiger partial charge in [0, 0.05) is 34.7 Å². The second kappa shape index (κ2) is 13.2. The number of nitrogens with zero attached hydrogens (tertiary/aromatic N) is 2. The Labute approximate surface area is 220 Å². The highest BCUT2D eigenvalue weighted by atomic mass is 35.5. The Morgan fingerprint density at radius 3 is 2.36 bits per heavy atom. The van der Waals surface area contributed by atoms with E-state index in [-0.39, 0.29) is 24.7 Å². The van der Waals surface area contributed by atoms with Crippen LogP contribution in [0.1, 0.15) is 49.9 Å². The maximum atomic E-state index is 12.3. The zero-order chi connectivity index (χ0) is 26.1. The van der Waals surface area contributed by atoms with E-state index in [0.29, 0.717) is 51.7 Å². The average Bonchev–Trinajstić information content (AvgIpc) is 2.86. The van der Waals surface area contributed by atoms with E-state index in [0.717, 1.165) is 12.1 Å². The van der Waals surface area contributed by atoms with Gasteiger partial charge in [-0.15, -0.1) is 0 Å². The maximum absolute atomic E-state index is 12.3. The van der Waals surface area contributed by atoms with Crippen molar-refractivity contribution in [3.05, 3.63) is 70.5 Å². The molecule has 0 spiro atoms. The molecule has 0 aliphatic rings. The van der Waals surface area contributed by atoms with Gasteiger partial charge in [0.15, 0.2) is 17.4 Å². The predicted molar refractivity (Wildman–Crippen MR) is 142 cm³/mol. The minimum absolute atomic E-state index is 0.00932. The number of halogens is 2. The lowest BCUT2D eigenvalue weighted by Crippen LogP contribution is -2.33. The first-order chi connectivity index (χ1) is 17.3. The number of ketones is 1. The number of Topliss-reactive ketones (excluding diaryl/α,β-unsaturated/α-hetero) is 1. The Bertz CT molecular complexity index is 1170. The summed E-state index contributed by atoms with van der Waals surface area (Å²) in [7, 11) is 0. The van der Waals surface area contributed by atoms with E-state index in [1.165, 1.54) is 0 Å². The minimum atomic E-state index is -0.894. The molecule has 0 saturated heterocycles. The van der Waals surface area contributed by atoms with Crippen molar-refractivity contribution in [3.63, 3.8) is 0 Å². The number of hydrogen-bond donors (Lipinski definition) is 2. The molecule has 2 atom stereocenters. The van der Waals surface area contributed by atoms with Gasteiger partial charge < -0.3 is 15.2 Å². The van der Waals surface area contributed by atoms with Gasteiger partial charge in [0.25, 0.3) is 0 Å². The molecule has 0 fully saturated rings. The summed E-state index contributed by atoms with van der Waals surface area (Å²) in [6.07, 6.45) is 4.72. The van der Waals surface area contributed by atoms with E-state index >= 15 is 0 Å². The maximum Gasteiger partial charge on any atom is 0.303 e. The molecular weight excluding hydrogens is 501 g/mol. The summed E-state index contributed by atoms with van der Waals surface area (Å²) < 4.78 is 5.99. The first kappa shape index (κ1) is 27.4. The number of carboxylic acid groups (broad SMARTS) is 1. The van der Waals surface area contributed by atoms with Gasteiger partial charge in [-0.2, -0.15) is 0 Å². The number of anilines is 1. The van der Waals surface area contributed by atoms with Crippen molar-refractivity contribution in [2.24, 2.45) is 5.92 Å². The minimum Gasteiger partial charge on any atom is -0.488 e. The summed E-state index contributed by atoms with van der Waals surface area (Å²) in [5.74, 6) is 0.386. The van der Waals surface area contributed by atoms with Gasteiger partial charge in [-0.3, -0.25) is 9.59 Å². The molecular formula is C27H29Cl2N3O4.